The molecule has 1 atom stereocenters. The Hall–Kier alpha value is -1.24. The number of carbonyl (C=O) groups excluding carboxylic acids is 2. The minimum absolute atomic E-state index is 0.0334. The number of aliphatic carboxylic acids is 1. The maximum absolute atomic E-state index is 11.6. The zero-order chi connectivity index (χ0) is 14.7. The highest BCUT2D eigenvalue weighted by Crippen LogP contribution is 2.06. The van der Waals surface area contributed by atoms with E-state index in [4.69, 9.17) is 5.11 Å². The SMILES string of the molecule is CCC(CC)NC(=O)CSCCC(NC=O)C(=O)O. The molecule has 0 spiro atoms. The molecular formula is C12H22N2O4S. The molecule has 0 radical (unpaired) electrons. The summed E-state index contributed by atoms with van der Waals surface area (Å²) in [6, 6.07) is -0.677. The molecule has 0 bridgehead atoms. The molecule has 7 heteroatoms. The Labute approximate surface area is 117 Å². The number of carboxylic acid groups (broad SMARTS) is 1. The molecule has 0 saturated carbocycles. The molecule has 0 aliphatic rings. The van der Waals surface area contributed by atoms with Gasteiger partial charge in [0.05, 0.1) is 5.75 Å². The summed E-state index contributed by atoms with van der Waals surface area (Å²) in [7, 11) is 0. The van der Waals surface area contributed by atoms with Crippen LogP contribution in [0.25, 0.3) is 0 Å². The third kappa shape index (κ3) is 8.47. The molecule has 0 heterocycles. The fourth-order valence-electron chi connectivity index (χ4n) is 1.49. The van der Waals surface area contributed by atoms with Crippen molar-refractivity contribution in [3.63, 3.8) is 0 Å². The van der Waals surface area contributed by atoms with Crippen LogP contribution in [-0.2, 0) is 14.4 Å². The van der Waals surface area contributed by atoms with Crippen molar-refractivity contribution in [2.45, 2.75) is 45.2 Å². The van der Waals surface area contributed by atoms with Gasteiger partial charge in [-0.3, -0.25) is 9.59 Å². The third-order valence-electron chi connectivity index (χ3n) is 2.70. The first kappa shape index (κ1) is 17.8. The van der Waals surface area contributed by atoms with Crippen LogP contribution >= 0.6 is 11.8 Å². The summed E-state index contributed by atoms with van der Waals surface area (Å²) in [5, 5.41) is 13.9. The van der Waals surface area contributed by atoms with Crippen molar-refractivity contribution < 1.29 is 19.5 Å². The lowest BCUT2D eigenvalue weighted by Gasteiger charge is -2.14. The Balaban J connectivity index is 3.80. The van der Waals surface area contributed by atoms with Crippen molar-refractivity contribution in [1.82, 2.24) is 10.6 Å². The van der Waals surface area contributed by atoms with Gasteiger partial charge >= 0.3 is 5.97 Å². The van der Waals surface area contributed by atoms with Crippen LogP contribution in [0.4, 0.5) is 0 Å². The molecule has 0 aromatic carbocycles. The van der Waals surface area contributed by atoms with Crippen LogP contribution in [0.5, 0.6) is 0 Å². The summed E-state index contributed by atoms with van der Waals surface area (Å²) in [6.45, 7) is 4.04. The van der Waals surface area contributed by atoms with Crippen molar-refractivity contribution in [3.8, 4) is 0 Å². The Morgan fingerprint density at radius 1 is 1.32 bits per heavy atom. The first-order valence-electron chi connectivity index (χ1n) is 6.34. The smallest absolute Gasteiger partial charge is 0.326 e. The van der Waals surface area contributed by atoms with Gasteiger partial charge in [-0.15, -0.1) is 0 Å². The van der Waals surface area contributed by atoms with Gasteiger partial charge in [-0.25, -0.2) is 4.79 Å². The zero-order valence-electron chi connectivity index (χ0n) is 11.3. The van der Waals surface area contributed by atoms with Crippen molar-refractivity contribution >= 4 is 30.0 Å². The van der Waals surface area contributed by atoms with Crippen LogP contribution in [0.2, 0.25) is 0 Å². The maximum Gasteiger partial charge on any atom is 0.326 e. The zero-order valence-corrected chi connectivity index (χ0v) is 12.2. The number of hydrogen-bond donors (Lipinski definition) is 3. The van der Waals surface area contributed by atoms with Crippen LogP contribution in [0, 0.1) is 0 Å². The molecule has 6 nitrogen and oxygen atoms in total. The van der Waals surface area contributed by atoms with E-state index >= 15 is 0 Å². The van der Waals surface area contributed by atoms with Crippen LogP contribution in [0.3, 0.4) is 0 Å². The molecule has 0 rings (SSSR count). The Kier molecular flexibility index (Phi) is 9.97. The highest BCUT2D eigenvalue weighted by Gasteiger charge is 2.16. The average Bonchev–Trinajstić information content (AvgIpc) is 2.39. The monoisotopic (exact) mass is 290 g/mol. The standard InChI is InChI=1S/C12H22N2O4S/c1-3-9(4-2)14-11(16)7-19-6-5-10(12(17)18)13-8-15/h8-10H,3-7H2,1-2H3,(H,13,15)(H,14,16)(H,17,18). The van der Waals surface area contributed by atoms with Crippen LogP contribution in [-0.4, -0.2) is 47.0 Å². The first-order valence-corrected chi connectivity index (χ1v) is 7.50. The molecule has 2 amide bonds. The van der Waals surface area contributed by atoms with Crippen molar-refractivity contribution in [2.24, 2.45) is 0 Å². The Bertz CT molecular complexity index is 295. The number of carbonyl (C=O) groups is 3. The summed E-state index contributed by atoms with van der Waals surface area (Å²) in [5.74, 6) is -0.277. The highest BCUT2D eigenvalue weighted by molar-refractivity contribution is 7.99. The van der Waals surface area contributed by atoms with E-state index in [0.717, 1.165) is 12.8 Å². The van der Waals surface area contributed by atoms with E-state index in [1.807, 2.05) is 13.8 Å². The molecule has 19 heavy (non-hydrogen) atoms. The minimum atomic E-state index is -1.06. The number of thioether (sulfide) groups is 1. The van der Waals surface area contributed by atoms with Crippen molar-refractivity contribution in [1.29, 1.82) is 0 Å². The van der Waals surface area contributed by atoms with Gasteiger partial charge in [-0.2, -0.15) is 11.8 Å². The lowest BCUT2D eigenvalue weighted by Crippen LogP contribution is -2.37. The van der Waals surface area contributed by atoms with Gasteiger partial charge in [-0.05, 0) is 25.0 Å². The summed E-state index contributed by atoms with van der Waals surface area (Å²) in [6.07, 6.45) is 2.48. The predicted octanol–water partition coefficient (Wildman–Crippen LogP) is 0.614. The summed E-state index contributed by atoms with van der Waals surface area (Å²) < 4.78 is 0. The minimum Gasteiger partial charge on any atom is -0.480 e. The molecule has 3 N–H and O–H groups in total. The number of amides is 2. The predicted molar refractivity (Wildman–Crippen MR) is 75.1 cm³/mol. The maximum atomic E-state index is 11.6. The largest absolute Gasteiger partial charge is 0.480 e. The van der Waals surface area contributed by atoms with Crippen LogP contribution in [0.15, 0.2) is 0 Å². The second-order valence-electron chi connectivity index (χ2n) is 4.10. The average molecular weight is 290 g/mol. The molecule has 0 aliphatic carbocycles. The van der Waals surface area contributed by atoms with Crippen molar-refractivity contribution in [3.05, 3.63) is 0 Å². The van der Waals surface area contributed by atoms with Crippen LogP contribution in [0.1, 0.15) is 33.1 Å². The molecule has 0 aliphatic heterocycles. The fraction of sp³-hybridized carbons (Fsp3) is 0.750. The molecule has 0 fully saturated rings. The quantitative estimate of drug-likeness (QED) is 0.383. The summed E-state index contributed by atoms with van der Waals surface area (Å²) >= 11 is 1.36. The number of nitrogens with one attached hydrogen (secondary N) is 2. The van der Waals surface area contributed by atoms with Crippen LogP contribution < -0.4 is 10.6 Å². The van der Waals surface area contributed by atoms with E-state index in [-0.39, 0.29) is 11.9 Å². The van der Waals surface area contributed by atoms with E-state index in [2.05, 4.69) is 10.6 Å². The highest BCUT2D eigenvalue weighted by atomic mass is 32.2. The summed E-state index contributed by atoms with van der Waals surface area (Å²) in [5.41, 5.74) is 0. The van der Waals surface area contributed by atoms with Gasteiger partial charge in [0.1, 0.15) is 6.04 Å². The normalized spacial score (nSPS) is 11.9. The number of carboxylic acids is 1. The van der Waals surface area contributed by atoms with Gasteiger partial charge in [0.15, 0.2) is 0 Å². The molecule has 1 unspecified atom stereocenters. The van der Waals surface area contributed by atoms with Gasteiger partial charge in [-0.1, -0.05) is 13.8 Å². The first-order chi connectivity index (χ1) is 9.04. The van der Waals surface area contributed by atoms with E-state index < -0.39 is 12.0 Å². The Morgan fingerprint density at radius 2 is 1.95 bits per heavy atom. The van der Waals surface area contributed by atoms with E-state index in [1.54, 1.807) is 0 Å². The van der Waals surface area contributed by atoms with Gasteiger partial charge in [0, 0.05) is 6.04 Å². The lowest BCUT2D eigenvalue weighted by molar-refractivity contribution is -0.140. The second kappa shape index (κ2) is 10.7. The van der Waals surface area contributed by atoms with E-state index in [1.165, 1.54) is 11.8 Å². The fourth-order valence-corrected chi connectivity index (χ4v) is 2.30. The molecule has 0 aromatic heterocycles. The summed E-state index contributed by atoms with van der Waals surface area (Å²) in [4.78, 5) is 32.5. The third-order valence-corrected chi connectivity index (χ3v) is 3.69. The lowest BCUT2D eigenvalue weighted by atomic mass is 10.2. The van der Waals surface area contributed by atoms with Gasteiger partial charge in [0.25, 0.3) is 0 Å². The second-order valence-corrected chi connectivity index (χ2v) is 5.20. The molecule has 0 saturated heterocycles. The van der Waals surface area contributed by atoms with E-state index in [0.29, 0.717) is 24.3 Å². The molecule has 110 valence electrons. The molecular weight excluding hydrogens is 268 g/mol. The topological polar surface area (TPSA) is 95.5 Å². The van der Waals surface area contributed by atoms with E-state index in [9.17, 15) is 14.4 Å². The number of rotatable bonds is 11. The van der Waals surface area contributed by atoms with Crippen molar-refractivity contribution in [2.75, 3.05) is 11.5 Å². The molecule has 0 aromatic rings. The van der Waals surface area contributed by atoms with Gasteiger partial charge < -0.3 is 15.7 Å². The number of hydrogen-bond acceptors (Lipinski definition) is 4. The van der Waals surface area contributed by atoms with Gasteiger partial charge in [0.2, 0.25) is 12.3 Å². The Morgan fingerprint density at radius 3 is 2.42 bits per heavy atom.